The summed E-state index contributed by atoms with van der Waals surface area (Å²) in [5, 5.41) is 3.73. The molecule has 2 saturated heterocycles. The quantitative estimate of drug-likeness (QED) is 0.385. The van der Waals surface area contributed by atoms with E-state index in [9.17, 15) is 4.39 Å². The van der Waals surface area contributed by atoms with Gasteiger partial charge in [-0.1, -0.05) is 6.07 Å². The van der Waals surface area contributed by atoms with E-state index < -0.39 is 11.6 Å². The molecule has 0 amide bonds. The predicted molar refractivity (Wildman–Crippen MR) is 148 cm³/mol. The number of fused-ring (bicyclic) bond motifs is 1. The van der Waals surface area contributed by atoms with Gasteiger partial charge in [-0.05, 0) is 31.5 Å². The van der Waals surface area contributed by atoms with Crippen molar-refractivity contribution in [1.82, 2.24) is 15.0 Å². The highest BCUT2D eigenvalue weighted by molar-refractivity contribution is 5.99. The Hall–Kier alpha value is -3.89. The van der Waals surface area contributed by atoms with Crippen LogP contribution in [0.1, 0.15) is 11.1 Å². The summed E-state index contributed by atoms with van der Waals surface area (Å²) in [6.45, 7) is 9.20. The van der Waals surface area contributed by atoms with Gasteiger partial charge in [-0.3, -0.25) is 4.98 Å². The van der Waals surface area contributed by atoms with Crippen molar-refractivity contribution < 1.29 is 18.3 Å². The molecule has 202 valence electrons. The minimum atomic E-state index is -0.685. The highest BCUT2D eigenvalue weighted by Crippen LogP contribution is 2.39. The summed E-state index contributed by atoms with van der Waals surface area (Å²) in [7, 11) is 0. The van der Waals surface area contributed by atoms with Gasteiger partial charge in [0.2, 0.25) is 0 Å². The van der Waals surface area contributed by atoms with Crippen LogP contribution >= 0.6 is 0 Å². The smallest absolute Gasteiger partial charge is 0.152 e. The van der Waals surface area contributed by atoms with Crippen LogP contribution in [0.2, 0.25) is 0 Å². The zero-order chi connectivity index (χ0) is 26.9. The van der Waals surface area contributed by atoms with Crippen LogP contribution in [0.4, 0.5) is 31.7 Å². The molecule has 1 N–H and O–H groups in total. The first-order valence-electron chi connectivity index (χ1n) is 13.1. The highest BCUT2D eigenvalue weighted by Gasteiger charge is 2.23. The summed E-state index contributed by atoms with van der Waals surface area (Å²) < 4.78 is 40.8. The van der Waals surface area contributed by atoms with Crippen molar-refractivity contribution in [2.75, 3.05) is 67.7 Å². The van der Waals surface area contributed by atoms with Gasteiger partial charge >= 0.3 is 0 Å². The Morgan fingerprint density at radius 3 is 2.26 bits per heavy atom. The summed E-state index contributed by atoms with van der Waals surface area (Å²) in [5.41, 5.74) is 5.28. The number of benzene rings is 1. The Morgan fingerprint density at radius 2 is 1.56 bits per heavy atom. The molecule has 0 unspecified atom stereocenters. The summed E-state index contributed by atoms with van der Waals surface area (Å²) >= 11 is 0. The molecule has 8 nitrogen and oxygen atoms in total. The van der Waals surface area contributed by atoms with Crippen LogP contribution in [0.5, 0.6) is 0 Å². The third kappa shape index (κ3) is 5.09. The Balaban J connectivity index is 1.52. The van der Waals surface area contributed by atoms with Crippen LogP contribution in [0, 0.1) is 25.5 Å². The number of halogens is 2. The number of hydrogen-bond acceptors (Lipinski definition) is 8. The van der Waals surface area contributed by atoms with Crippen molar-refractivity contribution in [3.63, 3.8) is 0 Å². The number of aromatic nitrogens is 3. The van der Waals surface area contributed by atoms with Gasteiger partial charge < -0.3 is 24.6 Å². The maximum absolute atomic E-state index is 15.4. The molecule has 39 heavy (non-hydrogen) atoms. The minimum absolute atomic E-state index is 0.211. The second kappa shape index (κ2) is 10.7. The zero-order valence-electron chi connectivity index (χ0n) is 22.0. The van der Waals surface area contributed by atoms with Crippen LogP contribution in [0.15, 0.2) is 42.7 Å². The fraction of sp³-hybridized carbons (Fsp3) is 0.345. The first-order valence-corrected chi connectivity index (χ1v) is 13.1. The third-order valence-electron chi connectivity index (χ3n) is 7.20. The van der Waals surface area contributed by atoms with E-state index in [2.05, 4.69) is 25.1 Å². The first-order chi connectivity index (χ1) is 19.0. The molecule has 2 aliphatic rings. The monoisotopic (exact) mass is 532 g/mol. The number of nitrogens with one attached hydrogen (secondary N) is 1. The summed E-state index contributed by atoms with van der Waals surface area (Å²) in [5.74, 6) is -0.621. The van der Waals surface area contributed by atoms with Crippen LogP contribution < -0.4 is 15.1 Å². The molecule has 1 aromatic carbocycles. The Kier molecular flexibility index (Phi) is 6.97. The number of nitrogens with zero attached hydrogens (tertiary/aromatic N) is 5. The maximum atomic E-state index is 15.4. The van der Waals surface area contributed by atoms with E-state index in [0.29, 0.717) is 62.2 Å². The van der Waals surface area contributed by atoms with Crippen molar-refractivity contribution in [3.8, 4) is 11.4 Å². The normalized spacial score (nSPS) is 16.1. The molecule has 2 aliphatic heterocycles. The zero-order valence-corrected chi connectivity index (χ0v) is 22.0. The molecule has 6 rings (SSSR count). The predicted octanol–water partition coefficient (Wildman–Crippen LogP) is 5.00. The van der Waals surface area contributed by atoms with Gasteiger partial charge in [0.1, 0.15) is 11.6 Å². The molecule has 3 aromatic heterocycles. The molecule has 0 saturated carbocycles. The van der Waals surface area contributed by atoms with E-state index in [0.717, 1.165) is 41.9 Å². The standard InChI is InChI=1S/C29H30F2N6O2/c1-18-3-4-23(32-16-18)27-19(2)28(26-22(31)13-20(30)14-24(26)34-27)35-25-15-21(36-5-9-38-10-6-36)17-33-29(25)37-7-11-39-12-8-37/h3-4,13-17H,5-12H2,1-2H3,(H,34,35). The SMILES string of the molecule is Cc1ccc(-c2nc3cc(F)cc(F)c3c(Nc3cc(N4CCOCC4)cnc3N3CCOCC3)c2C)nc1. The number of pyridine rings is 3. The fourth-order valence-electron chi connectivity index (χ4n) is 5.11. The van der Waals surface area contributed by atoms with Gasteiger partial charge in [0, 0.05) is 50.1 Å². The molecule has 10 heteroatoms. The van der Waals surface area contributed by atoms with Gasteiger partial charge in [-0.15, -0.1) is 0 Å². The van der Waals surface area contributed by atoms with E-state index >= 15 is 4.39 Å². The van der Waals surface area contributed by atoms with Crippen molar-refractivity contribution >= 4 is 33.8 Å². The van der Waals surface area contributed by atoms with Crippen molar-refractivity contribution in [3.05, 3.63) is 65.5 Å². The highest BCUT2D eigenvalue weighted by atomic mass is 19.1. The third-order valence-corrected chi connectivity index (χ3v) is 7.20. The number of rotatable bonds is 5. The number of ether oxygens (including phenoxy) is 2. The Bertz CT molecular complexity index is 1500. The molecule has 0 radical (unpaired) electrons. The molecule has 0 atom stereocenters. The lowest BCUT2D eigenvalue weighted by Crippen LogP contribution is -2.38. The average molecular weight is 533 g/mol. The number of hydrogen-bond donors (Lipinski definition) is 1. The van der Waals surface area contributed by atoms with E-state index in [1.54, 1.807) is 6.20 Å². The van der Waals surface area contributed by atoms with Crippen molar-refractivity contribution in [2.24, 2.45) is 0 Å². The summed E-state index contributed by atoms with van der Waals surface area (Å²) in [6.07, 6.45) is 3.63. The van der Waals surface area contributed by atoms with E-state index in [1.165, 1.54) is 6.07 Å². The van der Waals surface area contributed by atoms with Crippen LogP contribution in [0.3, 0.4) is 0 Å². The number of anilines is 4. The van der Waals surface area contributed by atoms with Crippen LogP contribution in [-0.4, -0.2) is 67.6 Å². The Labute approximate surface area is 225 Å². The van der Waals surface area contributed by atoms with Gasteiger partial charge in [-0.25, -0.2) is 18.7 Å². The van der Waals surface area contributed by atoms with Gasteiger partial charge in [0.15, 0.2) is 5.82 Å². The summed E-state index contributed by atoms with van der Waals surface area (Å²) in [4.78, 5) is 18.4. The maximum Gasteiger partial charge on any atom is 0.152 e. The Morgan fingerprint density at radius 1 is 0.846 bits per heavy atom. The van der Waals surface area contributed by atoms with Crippen molar-refractivity contribution in [2.45, 2.75) is 13.8 Å². The second-order valence-corrected chi connectivity index (χ2v) is 9.85. The minimum Gasteiger partial charge on any atom is -0.378 e. The topological polar surface area (TPSA) is 75.6 Å². The molecule has 2 fully saturated rings. The molecule has 4 aromatic rings. The fourth-order valence-corrected chi connectivity index (χ4v) is 5.11. The molecular weight excluding hydrogens is 502 g/mol. The van der Waals surface area contributed by atoms with Crippen LogP contribution in [-0.2, 0) is 9.47 Å². The molecular formula is C29H30F2N6O2. The van der Waals surface area contributed by atoms with Gasteiger partial charge in [0.05, 0.1) is 72.0 Å². The second-order valence-electron chi connectivity index (χ2n) is 9.85. The molecule has 5 heterocycles. The summed E-state index contributed by atoms with van der Waals surface area (Å²) in [6, 6.07) is 8.00. The lowest BCUT2D eigenvalue weighted by molar-refractivity contribution is 0.122. The molecule has 0 bridgehead atoms. The van der Waals surface area contributed by atoms with E-state index in [4.69, 9.17) is 14.5 Å². The van der Waals surface area contributed by atoms with Gasteiger partial charge in [-0.2, -0.15) is 0 Å². The van der Waals surface area contributed by atoms with E-state index in [1.807, 2.05) is 38.2 Å². The number of morpholine rings is 2. The van der Waals surface area contributed by atoms with Crippen LogP contribution in [0.25, 0.3) is 22.3 Å². The van der Waals surface area contributed by atoms with E-state index in [-0.39, 0.29) is 10.9 Å². The number of aryl methyl sites for hydroxylation is 1. The molecule has 0 aliphatic carbocycles. The average Bonchev–Trinajstić information content (AvgIpc) is 2.95. The first kappa shape index (κ1) is 25.4. The largest absolute Gasteiger partial charge is 0.378 e. The lowest BCUT2D eigenvalue weighted by Gasteiger charge is -2.32. The van der Waals surface area contributed by atoms with Crippen molar-refractivity contribution in [1.29, 1.82) is 0 Å². The lowest BCUT2D eigenvalue weighted by atomic mass is 10.0. The molecule has 0 spiro atoms. The van der Waals surface area contributed by atoms with Gasteiger partial charge in [0.25, 0.3) is 0 Å².